The Morgan fingerprint density at radius 3 is 2.79 bits per heavy atom. The van der Waals surface area contributed by atoms with Crippen LogP contribution < -0.4 is 4.74 Å². The lowest BCUT2D eigenvalue weighted by atomic mass is 9.75. The molecule has 144 valence electrons. The van der Waals surface area contributed by atoms with Gasteiger partial charge in [0, 0.05) is 40.2 Å². The van der Waals surface area contributed by atoms with Gasteiger partial charge in [-0.05, 0) is 45.4 Å². The van der Waals surface area contributed by atoms with E-state index < -0.39 is 11.7 Å². The van der Waals surface area contributed by atoms with Gasteiger partial charge in [-0.25, -0.2) is 4.79 Å². The molecule has 5 heteroatoms. The Balaban J connectivity index is 1.74. The van der Waals surface area contributed by atoms with Crippen molar-refractivity contribution in [1.29, 1.82) is 0 Å². The number of nitrogens with zero attached hydrogens (tertiary/aromatic N) is 1. The monoisotopic (exact) mass is 376 g/mol. The van der Waals surface area contributed by atoms with Crippen LogP contribution in [0, 0.1) is 12.8 Å². The highest BCUT2D eigenvalue weighted by Crippen LogP contribution is 2.51. The summed E-state index contributed by atoms with van der Waals surface area (Å²) in [6.07, 6.45) is 2.98. The Morgan fingerprint density at radius 2 is 2.04 bits per heavy atom. The number of carboxylic acid groups (broad SMARTS) is 1. The van der Waals surface area contributed by atoms with Gasteiger partial charge in [0.2, 0.25) is 0 Å². The molecule has 0 aliphatic carbocycles. The fourth-order valence-electron chi connectivity index (χ4n) is 5.29. The minimum atomic E-state index is -0.891. The molecular weight excluding hydrogens is 352 g/mol. The maximum atomic E-state index is 11.9. The maximum absolute atomic E-state index is 11.9. The molecule has 3 aromatic rings. The van der Waals surface area contributed by atoms with Gasteiger partial charge in [0.05, 0.1) is 5.56 Å². The molecule has 2 aromatic carbocycles. The minimum Gasteiger partial charge on any atom is -0.478 e. The van der Waals surface area contributed by atoms with Crippen LogP contribution in [-0.4, -0.2) is 34.6 Å². The zero-order valence-corrected chi connectivity index (χ0v) is 16.2. The van der Waals surface area contributed by atoms with Crippen molar-refractivity contribution in [2.24, 2.45) is 5.92 Å². The Labute approximate surface area is 163 Å². The number of ether oxygens (including phenoxy) is 1. The Kier molecular flexibility index (Phi) is 3.78. The van der Waals surface area contributed by atoms with Gasteiger partial charge in [-0.3, -0.25) is 4.90 Å². The lowest BCUT2D eigenvalue weighted by Gasteiger charge is -2.53. The molecule has 0 spiro atoms. The molecule has 2 unspecified atom stereocenters. The van der Waals surface area contributed by atoms with Crippen molar-refractivity contribution in [1.82, 2.24) is 9.88 Å². The number of hydrogen-bond acceptors (Lipinski definition) is 3. The molecule has 2 aliphatic heterocycles. The van der Waals surface area contributed by atoms with Gasteiger partial charge in [-0.2, -0.15) is 0 Å². The number of hydrogen-bond donors (Lipinski definition) is 2. The van der Waals surface area contributed by atoms with Crippen LogP contribution in [0.5, 0.6) is 5.75 Å². The number of benzene rings is 2. The molecule has 0 bridgehead atoms. The average molecular weight is 376 g/mol. The number of carboxylic acids is 1. The van der Waals surface area contributed by atoms with E-state index in [9.17, 15) is 9.90 Å². The second-order valence-corrected chi connectivity index (χ2v) is 8.02. The number of carbonyl (C=O) groups is 1. The summed E-state index contributed by atoms with van der Waals surface area (Å²) in [5.74, 6) is 0.171. The van der Waals surface area contributed by atoms with Crippen LogP contribution in [0.1, 0.15) is 40.0 Å². The van der Waals surface area contributed by atoms with Crippen LogP contribution in [0.3, 0.4) is 0 Å². The summed E-state index contributed by atoms with van der Waals surface area (Å²) in [4.78, 5) is 17.5. The van der Waals surface area contributed by atoms with Crippen LogP contribution in [0.4, 0.5) is 0 Å². The molecule has 2 N–H and O–H groups in total. The van der Waals surface area contributed by atoms with E-state index in [1.165, 1.54) is 0 Å². The molecule has 0 radical (unpaired) electrons. The predicted octanol–water partition coefficient (Wildman–Crippen LogP) is 4.30. The van der Waals surface area contributed by atoms with Crippen molar-refractivity contribution in [2.75, 3.05) is 13.6 Å². The molecule has 0 amide bonds. The van der Waals surface area contributed by atoms with E-state index in [1.807, 2.05) is 25.1 Å². The Hall–Kier alpha value is -2.79. The predicted molar refractivity (Wildman–Crippen MR) is 108 cm³/mol. The molecule has 2 aliphatic rings. The number of aromatic nitrogens is 1. The topological polar surface area (TPSA) is 65.6 Å². The fourth-order valence-corrected chi connectivity index (χ4v) is 5.29. The van der Waals surface area contributed by atoms with Gasteiger partial charge in [0.1, 0.15) is 5.75 Å². The van der Waals surface area contributed by atoms with E-state index in [2.05, 4.69) is 41.2 Å². The average Bonchev–Trinajstić information content (AvgIpc) is 3.04. The molecule has 28 heavy (non-hydrogen) atoms. The second-order valence-electron chi connectivity index (χ2n) is 8.02. The third-order valence-electron chi connectivity index (χ3n) is 6.50. The molecule has 3 heterocycles. The largest absolute Gasteiger partial charge is 0.478 e. The highest BCUT2D eigenvalue weighted by molar-refractivity contribution is 6.06. The molecule has 1 fully saturated rings. The van der Waals surface area contributed by atoms with Gasteiger partial charge in [0.15, 0.2) is 5.72 Å². The SMILES string of the molecule is Cc1[nH]c2ccc3c(c2c1C(=O)O)CC1CCCN(C)C1(c1ccccc1)O3. The van der Waals surface area contributed by atoms with Crippen molar-refractivity contribution >= 4 is 16.9 Å². The zero-order valence-electron chi connectivity index (χ0n) is 16.2. The highest BCUT2D eigenvalue weighted by Gasteiger charge is 2.51. The second kappa shape index (κ2) is 6.11. The van der Waals surface area contributed by atoms with Gasteiger partial charge in [0.25, 0.3) is 0 Å². The number of aromatic amines is 1. The number of likely N-dealkylation sites (tertiary alicyclic amines) is 1. The number of fused-ring (bicyclic) bond motifs is 4. The summed E-state index contributed by atoms with van der Waals surface area (Å²) in [6, 6.07) is 14.4. The number of nitrogens with one attached hydrogen (secondary N) is 1. The Morgan fingerprint density at radius 1 is 1.25 bits per heavy atom. The summed E-state index contributed by atoms with van der Waals surface area (Å²) < 4.78 is 6.79. The van der Waals surface area contributed by atoms with Crippen molar-refractivity contribution in [3.63, 3.8) is 0 Å². The number of piperidine rings is 1. The van der Waals surface area contributed by atoms with Crippen molar-refractivity contribution < 1.29 is 14.6 Å². The van der Waals surface area contributed by atoms with Crippen LogP contribution in [0.2, 0.25) is 0 Å². The van der Waals surface area contributed by atoms with E-state index in [0.29, 0.717) is 11.3 Å². The summed E-state index contributed by atoms with van der Waals surface area (Å²) >= 11 is 0. The first kappa shape index (κ1) is 17.3. The van der Waals surface area contributed by atoms with Crippen molar-refractivity contribution in [3.8, 4) is 5.75 Å². The Bertz CT molecular complexity index is 1070. The third-order valence-corrected chi connectivity index (χ3v) is 6.50. The highest BCUT2D eigenvalue weighted by atomic mass is 16.5. The standard InChI is InChI=1S/C23H24N2O3/c1-14-20(22(26)27)21-17-13-16-9-6-12-25(2)23(16,15-7-4-3-5-8-15)28-19(17)11-10-18(21)24-14/h3-5,7-8,10-11,16,24H,6,9,12-13H2,1-2H3,(H,26,27). The summed E-state index contributed by atoms with van der Waals surface area (Å²) in [5, 5.41) is 10.6. The first-order valence-electron chi connectivity index (χ1n) is 9.85. The fraction of sp³-hybridized carbons (Fsp3) is 0.348. The summed E-state index contributed by atoms with van der Waals surface area (Å²) in [6.45, 7) is 2.80. The minimum absolute atomic E-state index is 0.267. The zero-order chi connectivity index (χ0) is 19.5. The van der Waals surface area contributed by atoms with E-state index in [0.717, 1.165) is 53.6 Å². The van der Waals surface area contributed by atoms with Crippen LogP contribution in [0.15, 0.2) is 42.5 Å². The molecule has 2 atom stereocenters. The van der Waals surface area contributed by atoms with Gasteiger partial charge in [-0.15, -0.1) is 0 Å². The van der Waals surface area contributed by atoms with Gasteiger partial charge in [-0.1, -0.05) is 30.3 Å². The lowest BCUT2D eigenvalue weighted by molar-refractivity contribution is -0.155. The van der Waals surface area contributed by atoms with Crippen LogP contribution >= 0.6 is 0 Å². The number of H-pyrrole nitrogens is 1. The molecule has 5 rings (SSSR count). The van der Waals surface area contributed by atoms with Crippen molar-refractivity contribution in [2.45, 2.75) is 31.9 Å². The molecule has 1 aromatic heterocycles. The van der Waals surface area contributed by atoms with Crippen molar-refractivity contribution in [3.05, 3.63) is 64.8 Å². The van der Waals surface area contributed by atoms with E-state index in [4.69, 9.17) is 4.74 Å². The van der Waals surface area contributed by atoms with E-state index in [-0.39, 0.29) is 5.92 Å². The number of aromatic carboxylic acids is 1. The smallest absolute Gasteiger partial charge is 0.338 e. The van der Waals surface area contributed by atoms with Crippen LogP contribution in [-0.2, 0) is 12.1 Å². The van der Waals surface area contributed by atoms with Gasteiger partial charge >= 0.3 is 5.97 Å². The quantitative estimate of drug-likeness (QED) is 0.700. The number of rotatable bonds is 2. The molecular formula is C23H24N2O3. The van der Waals surface area contributed by atoms with Gasteiger partial charge < -0.3 is 14.8 Å². The third kappa shape index (κ3) is 2.26. The first-order chi connectivity index (χ1) is 13.5. The lowest BCUT2D eigenvalue weighted by Crippen LogP contribution is -2.59. The molecule has 1 saturated heterocycles. The summed E-state index contributed by atoms with van der Waals surface area (Å²) in [5.41, 5.74) is 3.61. The summed E-state index contributed by atoms with van der Waals surface area (Å²) in [7, 11) is 2.13. The normalized spacial score (nSPS) is 24.4. The molecule has 0 saturated carbocycles. The van der Waals surface area contributed by atoms with Crippen LogP contribution in [0.25, 0.3) is 10.9 Å². The number of aryl methyl sites for hydroxylation is 1. The first-order valence-corrected chi connectivity index (χ1v) is 9.85. The molecule has 5 nitrogen and oxygen atoms in total. The van der Waals surface area contributed by atoms with E-state index in [1.54, 1.807) is 0 Å². The van der Waals surface area contributed by atoms with E-state index >= 15 is 0 Å². The maximum Gasteiger partial charge on any atom is 0.338 e.